The molecular formula is C13H21N3O. The van der Waals surface area contributed by atoms with E-state index in [9.17, 15) is 4.79 Å². The van der Waals surface area contributed by atoms with E-state index in [1.807, 2.05) is 32.2 Å². The number of pyridine rings is 1. The van der Waals surface area contributed by atoms with Gasteiger partial charge in [0.1, 0.15) is 0 Å². The molecule has 0 unspecified atom stereocenters. The average Bonchev–Trinajstić information content (AvgIpc) is 2.34. The van der Waals surface area contributed by atoms with Crippen molar-refractivity contribution >= 4 is 5.91 Å². The third-order valence-electron chi connectivity index (χ3n) is 2.38. The van der Waals surface area contributed by atoms with E-state index in [0.717, 1.165) is 24.2 Å². The number of nitrogens with zero attached hydrogens (tertiary/aromatic N) is 1. The van der Waals surface area contributed by atoms with E-state index in [4.69, 9.17) is 0 Å². The molecule has 4 nitrogen and oxygen atoms in total. The topological polar surface area (TPSA) is 54.0 Å². The summed E-state index contributed by atoms with van der Waals surface area (Å²) in [6, 6.07) is 4.04. The number of aryl methyl sites for hydroxylation is 1. The second-order valence-electron chi connectivity index (χ2n) is 4.10. The monoisotopic (exact) mass is 235 g/mol. The van der Waals surface area contributed by atoms with E-state index in [-0.39, 0.29) is 5.91 Å². The molecule has 1 heterocycles. The maximum atomic E-state index is 11.3. The molecule has 0 saturated heterocycles. The lowest BCUT2D eigenvalue weighted by Crippen LogP contribution is -2.28. The lowest BCUT2D eigenvalue weighted by molar-refractivity contribution is -0.120. The van der Waals surface area contributed by atoms with E-state index in [2.05, 4.69) is 15.6 Å². The van der Waals surface area contributed by atoms with Gasteiger partial charge in [0.2, 0.25) is 5.91 Å². The van der Waals surface area contributed by atoms with Gasteiger partial charge in [-0.15, -0.1) is 0 Å². The first-order valence-corrected chi connectivity index (χ1v) is 6.11. The first-order chi connectivity index (χ1) is 8.22. The average molecular weight is 235 g/mol. The molecule has 0 fully saturated rings. The summed E-state index contributed by atoms with van der Waals surface area (Å²) in [7, 11) is 0. The Bertz CT molecular complexity index is 335. The molecule has 1 amide bonds. The van der Waals surface area contributed by atoms with Crippen molar-refractivity contribution in [2.75, 3.05) is 13.1 Å². The highest BCUT2D eigenvalue weighted by Gasteiger charge is 1.99. The molecule has 0 bridgehead atoms. The molecule has 0 aliphatic carbocycles. The zero-order valence-electron chi connectivity index (χ0n) is 10.6. The Balaban J connectivity index is 2.11. The predicted molar refractivity (Wildman–Crippen MR) is 68.6 cm³/mol. The highest BCUT2D eigenvalue weighted by Crippen LogP contribution is 1.97. The Kier molecular flexibility index (Phi) is 6.25. The van der Waals surface area contributed by atoms with E-state index in [0.29, 0.717) is 19.5 Å². The van der Waals surface area contributed by atoms with Crippen LogP contribution in [0, 0.1) is 6.92 Å². The van der Waals surface area contributed by atoms with Gasteiger partial charge in [-0.25, -0.2) is 0 Å². The second-order valence-corrected chi connectivity index (χ2v) is 4.10. The lowest BCUT2D eigenvalue weighted by atomic mass is 10.3. The summed E-state index contributed by atoms with van der Waals surface area (Å²) < 4.78 is 0. The number of aromatic nitrogens is 1. The van der Waals surface area contributed by atoms with E-state index in [1.165, 1.54) is 0 Å². The van der Waals surface area contributed by atoms with Gasteiger partial charge >= 0.3 is 0 Å². The Morgan fingerprint density at radius 3 is 2.82 bits per heavy atom. The summed E-state index contributed by atoms with van der Waals surface area (Å²) in [5.41, 5.74) is 2.16. The molecule has 0 spiro atoms. The summed E-state index contributed by atoms with van der Waals surface area (Å²) in [6.45, 7) is 6.22. The van der Waals surface area contributed by atoms with Crippen LogP contribution in [0.25, 0.3) is 0 Å². The first-order valence-electron chi connectivity index (χ1n) is 6.11. The van der Waals surface area contributed by atoms with Crippen molar-refractivity contribution in [3.8, 4) is 0 Å². The Hall–Kier alpha value is -1.42. The quantitative estimate of drug-likeness (QED) is 0.702. The number of nitrogens with one attached hydrogen (secondary N) is 2. The fraction of sp³-hybridized carbons (Fsp3) is 0.538. The summed E-state index contributed by atoms with van der Waals surface area (Å²) >= 11 is 0. The molecule has 0 aliphatic rings. The number of amides is 1. The summed E-state index contributed by atoms with van der Waals surface area (Å²) in [5, 5.41) is 6.05. The Morgan fingerprint density at radius 2 is 2.18 bits per heavy atom. The van der Waals surface area contributed by atoms with Crippen LogP contribution in [0.5, 0.6) is 0 Å². The van der Waals surface area contributed by atoms with Gasteiger partial charge in [0.05, 0.1) is 5.69 Å². The van der Waals surface area contributed by atoms with Crippen molar-refractivity contribution in [3.05, 3.63) is 29.6 Å². The normalized spacial score (nSPS) is 10.2. The molecule has 0 aliphatic heterocycles. The van der Waals surface area contributed by atoms with Crippen LogP contribution in [-0.4, -0.2) is 24.0 Å². The maximum absolute atomic E-state index is 11.3. The molecule has 94 valence electrons. The van der Waals surface area contributed by atoms with Gasteiger partial charge in [0.25, 0.3) is 0 Å². The summed E-state index contributed by atoms with van der Waals surface area (Å²) in [5.74, 6) is 0.108. The van der Waals surface area contributed by atoms with Crippen molar-refractivity contribution in [1.29, 1.82) is 0 Å². The third kappa shape index (κ3) is 6.02. The van der Waals surface area contributed by atoms with Crippen LogP contribution in [0.1, 0.15) is 31.0 Å². The fourth-order valence-electron chi connectivity index (χ4n) is 1.37. The molecule has 0 atom stereocenters. The molecule has 4 heteroatoms. The van der Waals surface area contributed by atoms with Gasteiger partial charge in [0, 0.05) is 32.3 Å². The second kappa shape index (κ2) is 7.79. The van der Waals surface area contributed by atoms with Crippen molar-refractivity contribution in [1.82, 2.24) is 15.6 Å². The lowest BCUT2D eigenvalue weighted by Gasteiger charge is -2.05. The SMILES string of the molecule is CCCNC(=O)CCNCc1ccc(C)cn1. The molecule has 2 N–H and O–H groups in total. The number of hydrogen-bond donors (Lipinski definition) is 2. The highest BCUT2D eigenvalue weighted by molar-refractivity contribution is 5.75. The molecule has 1 rings (SSSR count). The van der Waals surface area contributed by atoms with Crippen LogP contribution in [0.15, 0.2) is 18.3 Å². The molecule has 1 aromatic heterocycles. The molecule has 0 saturated carbocycles. The van der Waals surface area contributed by atoms with Crippen LogP contribution in [0.3, 0.4) is 0 Å². The van der Waals surface area contributed by atoms with Gasteiger partial charge in [-0.3, -0.25) is 9.78 Å². The third-order valence-corrected chi connectivity index (χ3v) is 2.38. The Labute approximate surface area is 103 Å². The molecule has 1 aromatic rings. The minimum absolute atomic E-state index is 0.108. The van der Waals surface area contributed by atoms with Gasteiger partial charge in [-0.1, -0.05) is 13.0 Å². The van der Waals surface area contributed by atoms with Crippen molar-refractivity contribution < 1.29 is 4.79 Å². The van der Waals surface area contributed by atoms with Crippen LogP contribution in [0.2, 0.25) is 0 Å². The molecule has 17 heavy (non-hydrogen) atoms. The van der Waals surface area contributed by atoms with Crippen LogP contribution in [0.4, 0.5) is 0 Å². The fourth-order valence-corrected chi connectivity index (χ4v) is 1.37. The smallest absolute Gasteiger partial charge is 0.221 e. The van der Waals surface area contributed by atoms with E-state index < -0.39 is 0 Å². The number of rotatable bonds is 7. The summed E-state index contributed by atoms with van der Waals surface area (Å²) in [4.78, 5) is 15.6. The van der Waals surface area contributed by atoms with Crippen molar-refractivity contribution in [3.63, 3.8) is 0 Å². The van der Waals surface area contributed by atoms with Crippen LogP contribution < -0.4 is 10.6 Å². The molecule has 0 aromatic carbocycles. The molecule has 0 radical (unpaired) electrons. The number of carbonyl (C=O) groups excluding carboxylic acids is 1. The standard InChI is InChI=1S/C13H21N3O/c1-3-7-15-13(17)6-8-14-10-12-5-4-11(2)9-16-12/h4-5,9,14H,3,6-8,10H2,1-2H3,(H,15,17). The van der Waals surface area contributed by atoms with Crippen LogP contribution >= 0.6 is 0 Å². The van der Waals surface area contributed by atoms with E-state index >= 15 is 0 Å². The maximum Gasteiger partial charge on any atom is 0.221 e. The summed E-state index contributed by atoms with van der Waals surface area (Å²) in [6.07, 6.45) is 3.35. The highest BCUT2D eigenvalue weighted by atomic mass is 16.1. The zero-order chi connectivity index (χ0) is 12.5. The predicted octanol–water partition coefficient (Wildman–Crippen LogP) is 1.40. The minimum Gasteiger partial charge on any atom is -0.356 e. The van der Waals surface area contributed by atoms with E-state index in [1.54, 1.807) is 0 Å². The number of hydrogen-bond acceptors (Lipinski definition) is 3. The Morgan fingerprint density at radius 1 is 1.35 bits per heavy atom. The van der Waals surface area contributed by atoms with Gasteiger partial charge in [-0.2, -0.15) is 0 Å². The minimum atomic E-state index is 0.108. The van der Waals surface area contributed by atoms with Crippen LogP contribution in [-0.2, 0) is 11.3 Å². The first kappa shape index (κ1) is 13.6. The van der Waals surface area contributed by atoms with Crippen molar-refractivity contribution in [2.24, 2.45) is 0 Å². The van der Waals surface area contributed by atoms with Gasteiger partial charge in [-0.05, 0) is 25.0 Å². The molecular weight excluding hydrogens is 214 g/mol. The number of carbonyl (C=O) groups is 1. The largest absolute Gasteiger partial charge is 0.356 e. The van der Waals surface area contributed by atoms with Gasteiger partial charge < -0.3 is 10.6 Å². The van der Waals surface area contributed by atoms with Crippen molar-refractivity contribution in [2.45, 2.75) is 33.2 Å². The zero-order valence-corrected chi connectivity index (χ0v) is 10.6. The van der Waals surface area contributed by atoms with Gasteiger partial charge in [0.15, 0.2) is 0 Å².